The van der Waals surface area contributed by atoms with Crippen molar-refractivity contribution < 1.29 is 31.0 Å². The van der Waals surface area contributed by atoms with E-state index in [2.05, 4.69) is 12.4 Å². The standard InChI is InChI=1S/C7H19NO3Si.ClH/c1-8-6-5-7-12(9-2,10-3)11-4;/h8H,5-7H2,1-4H3;1H. The van der Waals surface area contributed by atoms with Crippen LogP contribution < -0.4 is 17.7 Å². The summed E-state index contributed by atoms with van der Waals surface area (Å²) in [5.74, 6) is 0. The summed E-state index contributed by atoms with van der Waals surface area (Å²) in [6.45, 7) is 1.09. The quantitative estimate of drug-likeness (QED) is 0.363. The summed E-state index contributed by atoms with van der Waals surface area (Å²) >= 11 is 0. The van der Waals surface area contributed by atoms with Crippen LogP contribution in [0.2, 0.25) is 6.04 Å². The van der Waals surface area contributed by atoms with Gasteiger partial charge in [-0.3, -0.25) is 0 Å². The van der Waals surface area contributed by atoms with Crippen LogP contribution in [-0.4, -0.2) is 43.7 Å². The van der Waals surface area contributed by atoms with Gasteiger partial charge in [-0.2, -0.15) is 0 Å². The van der Waals surface area contributed by atoms with E-state index in [4.69, 9.17) is 13.3 Å². The summed E-state index contributed by atoms with van der Waals surface area (Å²) < 4.78 is 15.8. The Kier molecular flexibility index (Phi) is 10.8. The molecule has 0 amide bonds. The zero-order chi connectivity index (χ0) is 9.45. The molecule has 0 aliphatic heterocycles. The Balaban J connectivity index is 0. The molecule has 0 unspecified atom stereocenters. The van der Waals surface area contributed by atoms with Crippen molar-refractivity contribution in [3.05, 3.63) is 0 Å². The van der Waals surface area contributed by atoms with Gasteiger partial charge in [0.1, 0.15) is 0 Å². The SMILES string of the molecule is C[NH2+]CCC[Si](OC)(OC)OC.[Cl-]. The number of nitrogens with two attached hydrogens (primary N) is 1. The molecule has 0 rings (SSSR count). The van der Waals surface area contributed by atoms with E-state index in [1.807, 2.05) is 0 Å². The lowest BCUT2D eigenvalue weighted by Crippen LogP contribution is -3.00. The fourth-order valence-corrected chi connectivity index (χ4v) is 2.83. The van der Waals surface area contributed by atoms with Gasteiger partial charge in [0, 0.05) is 33.8 Å². The fraction of sp³-hybridized carbons (Fsp3) is 1.00. The van der Waals surface area contributed by atoms with E-state index in [-0.39, 0.29) is 12.4 Å². The fourth-order valence-electron chi connectivity index (χ4n) is 1.08. The van der Waals surface area contributed by atoms with Crippen LogP contribution in [0.3, 0.4) is 0 Å². The molecule has 2 N–H and O–H groups in total. The molecule has 0 aliphatic carbocycles. The molecule has 4 nitrogen and oxygen atoms in total. The van der Waals surface area contributed by atoms with E-state index >= 15 is 0 Å². The van der Waals surface area contributed by atoms with Crippen molar-refractivity contribution in [2.24, 2.45) is 0 Å². The molecule has 0 spiro atoms. The van der Waals surface area contributed by atoms with Crippen molar-refractivity contribution in [2.75, 3.05) is 34.9 Å². The summed E-state index contributed by atoms with van der Waals surface area (Å²) in [6.07, 6.45) is 1.07. The smallest absolute Gasteiger partial charge is 0.500 e. The van der Waals surface area contributed by atoms with Crippen LogP contribution in [0.1, 0.15) is 6.42 Å². The number of hydrogen-bond donors (Lipinski definition) is 1. The molecule has 82 valence electrons. The minimum absolute atomic E-state index is 0. The third kappa shape index (κ3) is 5.61. The second-order valence-corrected chi connectivity index (χ2v) is 5.69. The molecule has 0 saturated carbocycles. The van der Waals surface area contributed by atoms with Gasteiger partial charge in [0.25, 0.3) is 0 Å². The summed E-state index contributed by atoms with van der Waals surface area (Å²) in [4.78, 5) is 0. The molecule has 0 aromatic heterocycles. The van der Waals surface area contributed by atoms with Gasteiger partial charge in [-0.1, -0.05) is 0 Å². The first-order valence-electron chi connectivity index (χ1n) is 4.18. The highest BCUT2D eigenvalue weighted by Gasteiger charge is 2.36. The molecule has 0 aromatic carbocycles. The number of rotatable bonds is 7. The molecule has 0 saturated heterocycles. The molecular formula is C7H20ClNO3Si. The highest BCUT2D eigenvalue weighted by atomic mass is 35.5. The average molecular weight is 230 g/mol. The molecule has 0 atom stereocenters. The molecular weight excluding hydrogens is 210 g/mol. The van der Waals surface area contributed by atoms with Crippen LogP contribution in [0.5, 0.6) is 0 Å². The molecule has 0 aromatic rings. The number of halogens is 1. The second kappa shape index (κ2) is 8.92. The Hall–Kier alpha value is 0.347. The molecule has 0 bridgehead atoms. The van der Waals surface area contributed by atoms with E-state index in [1.54, 1.807) is 21.3 Å². The van der Waals surface area contributed by atoms with Gasteiger partial charge in [0.15, 0.2) is 0 Å². The highest BCUT2D eigenvalue weighted by Crippen LogP contribution is 2.13. The molecule has 0 radical (unpaired) electrons. The molecule has 0 aliphatic rings. The van der Waals surface area contributed by atoms with Crippen molar-refractivity contribution in [3.8, 4) is 0 Å². The lowest BCUT2D eigenvalue weighted by molar-refractivity contribution is -0.626. The van der Waals surface area contributed by atoms with Crippen LogP contribution in [0.4, 0.5) is 0 Å². The van der Waals surface area contributed by atoms with Gasteiger partial charge in [-0.25, -0.2) is 0 Å². The summed E-state index contributed by atoms with van der Waals surface area (Å²) in [5.41, 5.74) is 0. The Bertz CT molecular complexity index is 106. The van der Waals surface area contributed by atoms with Crippen LogP contribution >= 0.6 is 0 Å². The monoisotopic (exact) mass is 229 g/mol. The molecule has 6 heteroatoms. The van der Waals surface area contributed by atoms with Gasteiger partial charge in [-0.15, -0.1) is 0 Å². The van der Waals surface area contributed by atoms with Gasteiger partial charge < -0.3 is 31.0 Å². The largest absolute Gasteiger partial charge is 1.00 e. The summed E-state index contributed by atoms with van der Waals surface area (Å²) in [7, 11) is 4.72. The van der Waals surface area contributed by atoms with Crippen molar-refractivity contribution in [1.82, 2.24) is 0 Å². The van der Waals surface area contributed by atoms with Gasteiger partial charge in [0.2, 0.25) is 0 Å². The van der Waals surface area contributed by atoms with Crippen LogP contribution in [0.15, 0.2) is 0 Å². The second-order valence-electron chi connectivity index (χ2n) is 2.60. The minimum Gasteiger partial charge on any atom is -1.00 e. The third-order valence-corrected chi connectivity index (χ3v) is 4.74. The van der Waals surface area contributed by atoms with E-state index in [9.17, 15) is 0 Å². The zero-order valence-electron chi connectivity index (χ0n) is 8.80. The maximum atomic E-state index is 5.26. The van der Waals surface area contributed by atoms with Gasteiger partial charge >= 0.3 is 8.80 Å². The Labute approximate surface area is 87.7 Å². The van der Waals surface area contributed by atoms with Crippen molar-refractivity contribution in [3.63, 3.8) is 0 Å². The van der Waals surface area contributed by atoms with Gasteiger partial charge in [-0.05, 0) is 0 Å². The minimum atomic E-state index is -2.27. The first kappa shape index (κ1) is 15.8. The topological polar surface area (TPSA) is 44.3 Å². The molecule has 0 fully saturated rings. The lowest BCUT2D eigenvalue weighted by Gasteiger charge is -2.23. The van der Waals surface area contributed by atoms with E-state index in [1.165, 1.54) is 0 Å². The lowest BCUT2D eigenvalue weighted by atomic mass is 10.5. The average Bonchev–Trinajstić information content (AvgIpc) is 2.14. The summed E-state index contributed by atoms with van der Waals surface area (Å²) in [5, 5.41) is 2.14. The van der Waals surface area contributed by atoms with Crippen LogP contribution in [0.25, 0.3) is 0 Å². The van der Waals surface area contributed by atoms with Crippen molar-refractivity contribution in [2.45, 2.75) is 12.5 Å². The van der Waals surface area contributed by atoms with E-state index in [0.29, 0.717) is 0 Å². The highest BCUT2D eigenvalue weighted by molar-refractivity contribution is 6.60. The Morgan fingerprint density at radius 3 is 1.85 bits per heavy atom. The van der Waals surface area contributed by atoms with Gasteiger partial charge in [0.05, 0.1) is 13.6 Å². The molecule has 0 heterocycles. The first-order valence-corrected chi connectivity index (χ1v) is 6.11. The summed E-state index contributed by atoms with van der Waals surface area (Å²) in [6, 6.07) is 0.890. The maximum Gasteiger partial charge on any atom is 0.500 e. The maximum absolute atomic E-state index is 5.26. The predicted molar refractivity (Wildman–Crippen MR) is 48.9 cm³/mol. The number of hydrogen-bond acceptors (Lipinski definition) is 3. The van der Waals surface area contributed by atoms with Crippen molar-refractivity contribution >= 4 is 8.80 Å². The van der Waals surface area contributed by atoms with Crippen LogP contribution in [0, 0.1) is 0 Å². The van der Waals surface area contributed by atoms with E-state index < -0.39 is 8.80 Å². The van der Waals surface area contributed by atoms with Crippen molar-refractivity contribution in [1.29, 1.82) is 0 Å². The molecule has 13 heavy (non-hydrogen) atoms. The third-order valence-electron chi connectivity index (χ3n) is 1.91. The first-order chi connectivity index (χ1) is 5.74. The van der Waals surface area contributed by atoms with Crippen LogP contribution in [-0.2, 0) is 13.3 Å². The Morgan fingerprint density at radius 2 is 1.54 bits per heavy atom. The normalized spacial score (nSPS) is 11.1. The van der Waals surface area contributed by atoms with E-state index in [0.717, 1.165) is 19.0 Å². The predicted octanol–water partition coefficient (Wildman–Crippen LogP) is -3.55. The Morgan fingerprint density at radius 1 is 1.08 bits per heavy atom. The number of quaternary nitrogens is 1. The zero-order valence-corrected chi connectivity index (χ0v) is 10.6.